The molecule has 2 heteroatoms. The van der Waals surface area contributed by atoms with Crippen molar-refractivity contribution in [1.29, 1.82) is 0 Å². The highest BCUT2D eigenvalue weighted by Gasteiger charge is 2.13. The highest BCUT2D eigenvalue weighted by Crippen LogP contribution is 2.26. The van der Waals surface area contributed by atoms with Gasteiger partial charge in [0.05, 0.1) is 0 Å². The van der Waals surface area contributed by atoms with Gasteiger partial charge in [-0.2, -0.15) is 0 Å². The standard InChI is InChI=1S/C18H22NO/c19-13-5-4-8-17(14-15-6-2-1-3-7-15)16-9-11-18(20)12-10-16/h1-3,6-7,9-12,20H,4-5,8,13-14,19H2. The molecule has 3 N–H and O–H groups in total. The van der Waals surface area contributed by atoms with Gasteiger partial charge in [-0.3, -0.25) is 0 Å². The number of benzene rings is 2. The lowest BCUT2D eigenvalue weighted by molar-refractivity contribution is 0.475. The third-order valence-electron chi connectivity index (χ3n) is 3.47. The summed E-state index contributed by atoms with van der Waals surface area (Å²) in [5.41, 5.74) is 8.12. The first-order valence-corrected chi connectivity index (χ1v) is 7.17. The second kappa shape index (κ2) is 7.71. The molecule has 2 aromatic rings. The van der Waals surface area contributed by atoms with E-state index in [2.05, 4.69) is 24.3 Å². The topological polar surface area (TPSA) is 46.2 Å². The Kier molecular flexibility index (Phi) is 5.63. The Labute approximate surface area is 121 Å². The molecule has 0 amide bonds. The van der Waals surface area contributed by atoms with Crippen molar-refractivity contribution in [2.75, 3.05) is 6.54 Å². The maximum absolute atomic E-state index is 9.42. The Bertz CT molecular complexity index is 493. The minimum atomic E-state index is 0.315. The molecular formula is C18H22NO. The average molecular weight is 268 g/mol. The monoisotopic (exact) mass is 268 g/mol. The highest BCUT2D eigenvalue weighted by atomic mass is 16.3. The second-order valence-corrected chi connectivity index (χ2v) is 5.06. The van der Waals surface area contributed by atoms with E-state index in [4.69, 9.17) is 5.73 Å². The van der Waals surface area contributed by atoms with E-state index >= 15 is 0 Å². The summed E-state index contributed by atoms with van der Waals surface area (Å²) in [7, 11) is 0. The zero-order valence-electron chi connectivity index (χ0n) is 11.8. The Hall–Kier alpha value is -1.80. The predicted molar refractivity (Wildman–Crippen MR) is 83.5 cm³/mol. The van der Waals surface area contributed by atoms with Crippen molar-refractivity contribution in [3.05, 3.63) is 71.6 Å². The number of hydrogen-bond donors (Lipinski definition) is 2. The summed E-state index contributed by atoms with van der Waals surface area (Å²) < 4.78 is 0. The van der Waals surface area contributed by atoms with Crippen molar-refractivity contribution < 1.29 is 5.11 Å². The van der Waals surface area contributed by atoms with Crippen molar-refractivity contribution >= 4 is 0 Å². The van der Waals surface area contributed by atoms with E-state index in [-0.39, 0.29) is 0 Å². The largest absolute Gasteiger partial charge is 0.508 e. The van der Waals surface area contributed by atoms with Gasteiger partial charge in [0.25, 0.3) is 0 Å². The molecule has 0 aromatic heterocycles. The third kappa shape index (κ3) is 4.39. The second-order valence-electron chi connectivity index (χ2n) is 5.06. The van der Waals surface area contributed by atoms with Crippen LogP contribution in [0, 0.1) is 5.92 Å². The molecule has 0 atom stereocenters. The van der Waals surface area contributed by atoms with Gasteiger partial charge in [0.2, 0.25) is 0 Å². The van der Waals surface area contributed by atoms with E-state index in [0.717, 1.165) is 32.2 Å². The van der Waals surface area contributed by atoms with Crippen LogP contribution in [0.2, 0.25) is 0 Å². The van der Waals surface area contributed by atoms with Gasteiger partial charge in [-0.15, -0.1) is 0 Å². The minimum absolute atomic E-state index is 0.315. The van der Waals surface area contributed by atoms with Crippen molar-refractivity contribution in [3.8, 4) is 5.75 Å². The lowest BCUT2D eigenvalue weighted by atomic mass is 9.88. The van der Waals surface area contributed by atoms with Gasteiger partial charge in [-0.25, -0.2) is 0 Å². The third-order valence-corrected chi connectivity index (χ3v) is 3.47. The highest BCUT2D eigenvalue weighted by molar-refractivity contribution is 5.37. The first kappa shape index (κ1) is 14.6. The fourth-order valence-electron chi connectivity index (χ4n) is 2.36. The molecule has 0 saturated heterocycles. The maximum Gasteiger partial charge on any atom is 0.115 e. The number of unbranched alkanes of at least 4 members (excludes halogenated alkanes) is 1. The van der Waals surface area contributed by atoms with Crippen molar-refractivity contribution in [3.63, 3.8) is 0 Å². The van der Waals surface area contributed by atoms with E-state index in [1.54, 1.807) is 12.1 Å². The number of nitrogens with two attached hydrogens (primary N) is 1. The first-order chi connectivity index (χ1) is 9.79. The quantitative estimate of drug-likeness (QED) is 0.752. The number of hydrogen-bond acceptors (Lipinski definition) is 2. The molecule has 2 rings (SSSR count). The Morgan fingerprint density at radius 2 is 1.60 bits per heavy atom. The summed E-state index contributed by atoms with van der Waals surface area (Å²) in [4.78, 5) is 0. The van der Waals surface area contributed by atoms with Crippen LogP contribution in [-0.4, -0.2) is 11.7 Å². The minimum Gasteiger partial charge on any atom is -0.508 e. The van der Waals surface area contributed by atoms with Crippen molar-refractivity contribution in [2.45, 2.75) is 25.7 Å². The van der Waals surface area contributed by atoms with E-state index in [1.807, 2.05) is 18.2 Å². The Balaban J connectivity index is 2.09. The number of phenols is 1. The maximum atomic E-state index is 9.42. The van der Waals surface area contributed by atoms with Crippen LogP contribution < -0.4 is 5.73 Å². The molecule has 0 spiro atoms. The van der Waals surface area contributed by atoms with Crippen LogP contribution >= 0.6 is 0 Å². The van der Waals surface area contributed by atoms with Crippen LogP contribution in [0.25, 0.3) is 0 Å². The molecular weight excluding hydrogens is 246 g/mol. The molecule has 0 bridgehead atoms. The van der Waals surface area contributed by atoms with Crippen LogP contribution in [0.3, 0.4) is 0 Å². The van der Waals surface area contributed by atoms with Crippen molar-refractivity contribution in [1.82, 2.24) is 0 Å². The summed E-state index contributed by atoms with van der Waals surface area (Å²) in [5.74, 6) is 1.72. The summed E-state index contributed by atoms with van der Waals surface area (Å²) in [6.45, 7) is 0.744. The molecule has 0 aliphatic carbocycles. The van der Waals surface area contributed by atoms with Crippen molar-refractivity contribution in [2.24, 2.45) is 5.73 Å². The van der Waals surface area contributed by atoms with E-state index in [9.17, 15) is 5.11 Å². The van der Waals surface area contributed by atoms with Gasteiger partial charge in [0.15, 0.2) is 0 Å². The van der Waals surface area contributed by atoms with Crippen LogP contribution in [0.5, 0.6) is 5.75 Å². The number of aromatic hydroxyl groups is 1. The molecule has 1 radical (unpaired) electrons. The molecule has 0 heterocycles. The molecule has 0 aliphatic heterocycles. The summed E-state index contributed by atoms with van der Waals surface area (Å²) in [6, 6.07) is 18.0. The van der Waals surface area contributed by atoms with Crippen LogP contribution in [0.15, 0.2) is 54.6 Å². The van der Waals surface area contributed by atoms with Gasteiger partial charge < -0.3 is 10.8 Å². The average Bonchev–Trinajstić information content (AvgIpc) is 2.48. The first-order valence-electron chi connectivity index (χ1n) is 7.17. The molecule has 0 aliphatic rings. The molecule has 20 heavy (non-hydrogen) atoms. The predicted octanol–water partition coefficient (Wildman–Crippen LogP) is 3.69. The number of phenolic OH excluding ortho intramolecular Hbond substituents is 1. The molecule has 2 aromatic carbocycles. The molecule has 0 saturated carbocycles. The summed E-state index contributed by atoms with van der Waals surface area (Å²) in [5, 5.41) is 9.42. The van der Waals surface area contributed by atoms with Gasteiger partial charge in [0.1, 0.15) is 5.75 Å². The van der Waals surface area contributed by atoms with Crippen LogP contribution in [0.1, 0.15) is 30.4 Å². The Morgan fingerprint density at radius 3 is 2.25 bits per heavy atom. The van der Waals surface area contributed by atoms with Gasteiger partial charge in [0, 0.05) is 5.92 Å². The lowest BCUT2D eigenvalue weighted by Gasteiger charge is -2.17. The fraction of sp³-hybridized carbons (Fsp3) is 0.278. The normalized spacial score (nSPS) is 10.9. The molecule has 105 valence electrons. The Morgan fingerprint density at radius 1 is 0.900 bits per heavy atom. The zero-order valence-corrected chi connectivity index (χ0v) is 11.8. The lowest BCUT2D eigenvalue weighted by Crippen LogP contribution is -2.06. The smallest absolute Gasteiger partial charge is 0.115 e. The van der Waals surface area contributed by atoms with Gasteiger partial charge in [-0.1, -0.05) is 48.9 Å². The van der Waals surface area contributed by atoms with Crippen LogP contribution in [0.4, 0.5) is 0 Å². The zero-order chi connectivity index (χ0) is 14.2. The summed E-state index contributed by atoms with van der Waals surface area (Å²) >= 11 is 0. The molecule has 0 unspecified atom stereocenters. The van der Waals surface area contributed by atoms with Crippen LogP contribution in [-0.2, 0) is 6.42 Å². The van der Waals surface area contributed by atoms with Gasteiger partial charge in [-0.05, 0) is 49.1 Å². The molecule has 0 fully saturated rings. The van der Waals surface area contributed by atoms with E-state index in [1.165, 1.54) is 17.0 Å². The van der Waals surface area contributed by atoms with Gasteiger partial charge >= 0.3 is 0 Å². The fourth-order valence-corrected chi connectivity index (χ4v) is 2.36. The van der Waals surface area contributed by atoms with E-state index in [0.29, 0.717) is 5.75 Å². The summed E-state index contributed by atoms with van der Waals surface area (Å²) in [6.07, 6.45) is 4.17. The number of rotatable bonds is 7. The molecule has 2 nitrogen and oxygen atoms in total. The SMILES string of the molecule is NCCCC[C](Cc1ccccc1)c1ccc(O)cc1. The van der Waals surface area contributed by atoms with E-state index < -0.39 is 0 Å².